The van der Waals surface area contributed by atoms with E-state index in [1.807, 2.05) is 0 Å². The van der Waals surface area contributed by atoms with Crippen LogP contribution in [0.25, 0.3) is 0 Å². The van der Waals surface area contributed by atoms with Crippen LogP contribution >= 0.6 is 0 Å². The third-order valence-electron chi connectivity index (χ3n) is 3.42. The van der Waals surface area contributed by atoms with Gasteiger partial charge in [-0.05, 0) is 0 Å². The van der Waals surface area contributed by atoms with E-state index in [0.717, 1.165) is 0 Å². The zero-order valence-electron chi connectivity index (χ0n) is 12.4. The lowest BCUT2D eigenvalue weighted by molar-refractivity contribution is -0.138. The number of halogens is 1. The molecule has 6 heteroatoms. The molecule has 1 aliphatic heterocycles. The van der Waals surface area contributed by atoms with E-state index in [2.05, 4.69) is 0 Å². The van der Waals surface area contributed by atoms with Crippen LogP contribution in [0.5, 0.6) is 17.2 Å². The Morgan fingerprint density at radius 2 is 2.10 bits per heavy atom. The molecule has 0 bridgehead atoms. The summed E-state index contributed by atoms with van der Waals surface area (Å²) in [6.07, 6.45) is 0.500. The topological polar surface area (TPSA) is 65.0 Å². The van der Waals surface area contributed by atoms with E-state index in [1.54, 1.807) is 13.8 Å². The van der Waals surface area contributed by atoms with Crippen molar-refractivity contribution in [1.29, 1.82) is 0 Å². The summed E-state index contributed by atoms with van der Waals surface area (Å²) < 4.78 is 30.6. The molecule has 1 aromatic rings. The standard InChI is InChI=1S/C15H19FO5/c1-15(2,8-11(17)18)12-13(19-3)9(16)7-10-14(12)21-6-4-5-20-10/h7H,4-6,8H2,1-3H3,(H,17,18). The zero-order chi connectivity index (χ0) is 15.6. The highest BCUT2D eigenvalue weighted by atomic mass is 19.1. The molecule has 1 aromatic carbocycles. The van der Waals surface area contributed by atoms with Gasteiger partial charge in [-0.2, -0.15) is 0 Å². The third-order valence-corrected chi connectivity index (χ3v) is 3.42. The molecule has 0 unspecified atom stereocenters. The fourth-order valence-electron chi connectivity index (χ4n) is 2.54. The summed E-state index contributed by atoms with van der Waals surface area (Å²) in [6.45, 7) is 4.29. The maximum Gasteiger partial charge on any atom is 0.304 e. The highest BCUT2D eigenvalue weighted by Gasteiger charge is 2.35. The Bertz CT molecular complexity index is 553. The molecule has 1 N–H and O–H groups in total. The first kappa shape index (κ1) is 15.4. The molecule has 0 amide bonds. The van der Waals surface area contributed by atoms with Gasteiger partial charge in [0.2, 0.25) is 0 Å². The number of benzene rings is 1. The quantitative estimate of drug-likeness (QED) is 0.926. The predicted molar refractivity (Wildman–Crippen MR) is 73.8 cm³/mol. The van der Waals surface area contributed by atoms with Crippen molar-refractivity contribution in [3.05, 3.63) is 17.4 Å². The van der Waals surface area contributed by atoms with Gasteiger partial charge in [-0.25, -0.2) is 4.39 Å². The van der Waals surface area contributed by atoms with Crippen LogP contribution in [-0.4, -0.2) is 31.4 Å². The average Bonchev–Trinajstić information content (AvgIpc) is 2.60. The van der Waals surface area contributed by atoms with E-state index < -0.39 is 17.2 Å². The Balaban J connectivity index is 2.65. The summed E-state index contributed by atoms with van der Waals surface area (Å²) in [5, 5.41) is 9.10. The lowest BCUT2D eigenvalue weighted by Crippen LogP contribution is -2.24. The number of hydrogen-bond acceptors (Lipinski definition) is 4. The molecule has 2 rings (SSSR count). The highest BCUT2D eigenvalue weighted by molar-refractivity contribution is 5.70. The van der Waals surface area contributed by atoms with Crippen molar-refractivity contribution in [2.75, 3.05) is 20.3 Å². The monoisotopic (exact) mass is 298 g/mol. The van der Waals surface area contributed by atoms with Crippen LogP contribution < -0.4 is 14.2 Å². The minimum absolute atomic E-state index is 0.00509. The summed E-state index contributed by atoms with van der Waals surface area (Å²) in [5.41, 5.74) is -0.471. The fraction of sp³-hybridized carbons (Fsp3) is 0.533. The van der Waals surface area contributed by atoms with Crippen molar-refractivity contribution < 1.29 is 28.5 Å². The van der Waals surface area contributed by atoms with Crippen molar-refractivity contribution in [2.24, 2.45) is 0 Å². The van der Waals surface area contributed by atoms with Gasteiger partial charge in [0.15, 0.2) is 23.1 Å². The summed E-state index contributed by atoms with van der Waals surface area (Å²) in [4.78, 5) is 11.1. The van der Waals surface area contributed by atoms with Gasteiger partial charge in [0, 0.05) is 23.5 Å². The Morgan fingerprint density at radius 1 is 1.43 bits per heavy atom. The molecular formula is C15H19FO5. The molecule has 0 aromatic heterocycles. The van der Waals surface area contributed by atoms with Crippen LogP contribution in [0.4, 0.5) is 4.39 Å². The first-order valence-electron chi connectivity index (χ1n) is 6.75. The summed E-state index contributed by atoms with van der Waals surface area (Å²) in [7, 11) is 1.35. The van der Waals surface area contributed by atoms with Crippen LogP contribution in [-0.2, 0) is 10.2 Å². The van der Waals surface area contributed by atoms with Gasteiger partial charge in [0.05, 0.1) is 26.7 Å². The zero-order valence-corrected chi connectivity index (χ0v) is 12.4. The molecule has 5 nitrogen and oxygen atoms in total. The smallest absolute Gasteiger partial charge is 0.304 e. The van der Waals surface area contributed by atoms with Gasteiger partial charge in [-0.15, -0.1) is 0 Å². The molecule has 1 aliphatic rings. The maximum absolute atomic E-state index is 14.2. The van der Waals surface area contributed by atoms with Crippen LogP contribution in [0.1, 0.15) is 32.3 Å². The molecule has 116 valence electrons. The molecule has 21 heavy (non-hydrogen) atoms. The Morgan fingerprint density at radius 3 is 2.71 bits per heavy atom. The maximum atomic E-state index is 14.2. The van der Waals surface area contributed by atoms with Crippen molar-refractivity contribution in [3.63, 3.8) is 0 Å². The number of fused-ring (bicyclic) bond motifs is 1. The third kappa shape index (κ3) is 3.04. The normalized spacial score (nSPS) is 14.5. The SMILES string of the molecule is COc1c(F)cc2c(c1C(C)(C)CC(=O)O)OCCCO2. The van der Waals surface area contributed by atoms with E-state index in [4.69, 9.17) is 19.3 Å². The number of hydrogen-bond donors (Lipinski definition) is 1. The largest absolute Gasteiger partial charge is 0.493 e. The van der Waals surface area contributed by atoms with E-state index in [1.165, 1.54) is 13.2 Å². The molecule has 0 fully saturated rings. The molecule has 1 heterocycles. The first-order valence-corrected chi connectivity index (χ1v) is 6.75. The Kier molecular flexibility index (Phi) is 4.25. The minimum atomic E-state index is -0.977. The number of carbonyl (C=O) groups is 1. The number of carboxylic acids is 1. The Labute approximate surface area is 122 Å². The fourth-order valence-corrected chi connectivity index (χ4v) is 2.54. The highest BCUT2D eigenvalue weighted by Crippen LogP contribution is 2.48. The van der Waals surface area contributed by atoms with Crippen molar-refractivity contribution >= 4 is 5.97 Å². The molecule has 0 saturated carbocycles. The molecule has 0 atom stereocenters. The first-order chi connectivity index (χ1) is 9.86. The van der Waals surface area contributed by atoms with Gasteiger partial charge in [-0.3, -0.25) is 4.79 Å². The molecular weight excluding hydrogens is 279 g/mol. The average molecular weight is 298 g/mol. The van der Waals surface area contributed by atoms with E-state index in [0.29, 0.717) is 36.7 Å². The second-order valence-electron chi connectivity index (χ2n) is 5.60. The molecule has 0 saturated heterocycles. The number of carboxylic acid groups (broad SMARTS) is 1. The summed E-state index contributed by atoms with van der Waals surface area (Å²) in [6, 6.07) is 1.22. The second-order valence-corrected chi connectivity index (χ2v) is 5.60. The minimum Gasteiger partial charge on any atom is -0.493 e. The Hall–Kier alpha value is -1.98. The van der Waals surface area contributed by atoms with Gasteiger partial charge in [0.1, 0.15) is 0 Å². The number of methoxy groups -OCH3 is 1. The van der Waals surface area contributed by atoms with Gasteiger partial charge >= 0.3 is 5.97 Å². The van der Waals surface area contributed by atoms with Crippen LogP contribution in [0.3, 0.4) is 0 Å². The molecule has 0 spiro atoms. The van der Waals surface area contributed by atoms with Crippen molar-refractivity contribution in [3.8, 4) is 17.2 Å². The molecule has 0 radical (unpaired) electrons. The van der Waals surface area contributed by atoms with E-state index in [-0.39, 0.29) is 12.2 Å². The number of rotatable bonds is 4. The van der Waals surface area contributed by atoms with Crippen molar-refractivity contribution in [1.82, 2.24) is 0 Å². The number of ether oxygens (including phenoxy) is 3. The van der Waals surface area contributed by atoms with E-state index in [9.17, 15) is 9.18 Å². The lowest BCUT2D eigenvalue weighted by Gasteiger charge is -2.28. The summed E-state index contributed by atoms with van der Waals surface area (Å²) in [5.74, 6) is -0.897. The van der Waals surface area contributed by atoms with Gasteiger partial charge < -0.3 is 19.3 Å². The summed E-state index contributed by atoms with van der Waals surface area (Å²) >= 11 is 0. The van der Waals surface area contributed by atoms with E-state index >= 15 is 0 Å². The second kappa shape index (κ2) is 5.79. The van der Waals surface area contributed by atoms with Crippen LogP contribution in [0, 0.1) is 5.82 Å². The van der Waals surface area contributed by atoms with Crippen molar-refractivity contribution in [2.45, 2.75) is 32.1 Å². The predicted octanol–water partition coefficient (Wildman–Crippen LogP) is 2.75. The van der Waals surface area contributed by atoms with Gasteiger partial charge in [-0.1, -0.05) is 13.8 Å². The van der Waals surface area contributed by atoms with Crippen LogP contribution in [0.15, 0.2) is 6.07 Å². The van der Waals surface area contributed by atoms with Gasteiger partial charge in [0.25, 0.3) is 0 Å². The number of aliphatic carboxylic acids is 1. The lowest BCUT2D eigenvalue weighted by atomic mass is 9.80. The molecule has 0 aliphatic carbocycles. The van der Waals surface area contributed by atoms with Crippen LogP contribution in [0.2, 0.25) is 0 Å².